The van der Waals surface area contributed by atoms with Crippen molar-refractivity contribution in [2.75, 3.05) is 13.1 Å². The van der Waals surface area contributed by atoms with Crippen LogP contribution in [0.1, 0.15) is 13.3 Å². The first-order valence-corrected chi connectivity index (χ1v) is 5.17. The molecule has 14 heavy (non-hydrogen) atoms. The van der Waals surface area contributed by atoms with E-state index in [1.54, 1.807) is 0 Å². The maximum Gasteiger partial charge on any atom is 0.0969 e. The molecule has 0 bridgehead atoms. The van der Waals surface area contributed by atoms with Gasteiger partial charge in [-0.3, -0.25) is 4.90 Å². The second-order valence-corrected chi connectivity index (χ2v) is 4.05. The smallest absolute Gasteiger partial charge is 0.0969 e. The summed E-state index contributed by atoms with van der Waals surface area (Å²) in [6, 6.07) is 10.4. The molecular weight excluding hydrogens is 174 g/mol. The normalized spacial score (nSPS) is 37.4. The van der Waals surface area contributed by atoms with Crippen LogP contribution in [-0.4, -0.2) is 30.2 Å². The molecule has 2 heteroatoms. The predicted octanol–water partition coefficient (Wildman–Crippen LogP) is 1.66. The van der Waals surface area contributed by atoms with Gasteiger partial charge in [-0.2, -0.15) is 0 Å². The maximum absolute atomic E-state index is 7.85. The maximum atomic E-state index is 7.85. The molecule has 1 aromatic carbocycles. The van der Waals surface area contributed by atoms with E-state index in [1.165, 1.54) is 5.56 Å². The Kier molecular flexibility index (Phi) is 1.79. The minimum Gasteiger partial charge on any atom is -0.368 e. The van der Waals surface area contributed by atoms with E-state index in [0.29, 0.717) is 6.10 Å². The topological polar surface area (TPSA) is 15.8 Å². The molecule has 74 valence electrons. The Morgan fingerprint density at radius 1 is 1.36 bits per heavy atom. The molecule has 3 unspecified atom stereocenters. The van der Waals surface area contributed by atoms with Gasteiger partial charge < -0.3 is 4.74 Å². The number of benzene rings is 1. The van der Waals surface area contributed by atoms with Crippen LogP contribution in [0.2, 0.25) is 0 Å². The minimum absolute atomic E-state index is 0.0486. The van der Waals surface area contributed by atoms with E-state index in [4.69, 9.17) is 6.11 Å². The van der Waals surface area contributed by atoms with Crippen LogP contribution < -0.4 is 0 Å². The van der Waals surface area contributed by atoms with Gasteiger partial charge in [-0.05, 0) is 12.0 Å². The Balaban J connectivity index is 1.64. The number of epoxide rings is 1. The van der Waals surface area contributed by atoms with Crippen molar-refractivity contribution < 1.29 is 6.11 Å². The fraction of sp³-hybridized carbons (Fsp3) is 0.500. The van der Waals surface area contributed by atoms with E-state index in [-0.39, 0.29) is 12.5 Å². The average Bonchev–Trinajstić information content (AvgIpc) is 2.99. The van der Waals surface area contributed by atoms with Crippen LogP contribution in [-0.2, 0) is 11.3 Å². The highest BCUT2D eigenvalue weighted by Gasteiger charge is 2.42. The van der Waals surface area contributed by atoms with E-state index in [0.717, 1.165) is 19.6 Å². The molecule has 2 aliphatic rings. The quantitative estimate of drug-likeness (QED) is 0.659. The highest BCUT2D eigenvalue weighted by molar-refractivity contribution is 5.14. The lowest BCUT2D eigenvalue weighted by atomic mass is 10.1. The summed E-state index contributed by atoms with van der Waals surface area (Å²) in [6.07, 6.45) is 0.523. The summed E-state index contributed by atoms with van der Waals surface area (Å²) in [7, 11) is 0. The number of fused-ring (bicyclic) bond motifs is 1. The van der Waals surface area contributed by atoms with E-state index >= 15 is 0 Å². The van der Waals surface area contributed by atoms with E-state index in [9.17, 15) is 0 Å². The first-order chi connectivity index (χ1) is 7.33. The summed E-state index contributed by atoms with van der Waals surface area (Å²) in [5.41, 5.74) is 1.32. The molecule has 1 aromatic rings. The molecule has 2 aliphatic heterocycles. The van der Waals surface area contributed by atoms with Gasteiger partial charge >= 0.3 is 0 Å². The summed E-state index contributed by atoms with van der Waals surface area (Å²) < 4.78 is 13.3. The van der Waals surface area contributed by atoms with Crippen LogP contribution in [0.4, 0.5) is 0 Å². The second kappa shape index (κ2) is 3.37. The number of likely N-dealkylation sites (tertiary alicyclic amines) is 1. The number of piperidine rings is 1. The molecule has 0 radical (unpaired) electrons. The highest BCUT2D eigenvalue weighted by atomic mass is 16.6. The van der Waals surface area contributed by atoms with Crippen LogP contribution >= 0.6 is 0 Å². The predicted molar refractivity (Wildman–Crippen MR) is 55.0 cm³/mol. The molecule has 2 nitrogen and oxygen atoms in total. The Hall–Kier alpha value is -0.860. The molecule has 3 rings (SSSR count). The summed E-state index contributed by atoms with van der Waals surface area (Å²) in [4.78, 5) is 2.32. The molecule has 0 N–H and O–H groups in total. The van der Waals surface area contributed by atoms with Crippen molar-refractivity contribution in [1.82, 2.24) is 4.90 Å². The number of rotatable bonds is 2. The zero-order valence-electron chi connectivity index (χ0n) is 9.10. The first kappa shape index (κ1) is 7.43. The molecule has 0 aliphatic carbocycles. The van der Waals surface area contributed by atoms with Gasteiger partial charge in [0.25, 0.3) is 0 Å². The third-order valence-corrected chi connectivity index (χ3v) is 2.90. The number of hydrogen-bond acceptors (Lipinski definition) is 2. The Morgan fingerprint density at radius 3 is 3.00 bits per heavy atom. The van der Waals surface area contributed by atoms with Gasteiger partial charge in [-0.1, -0.05) is 30.3 Å². The van der Waals surface area contributed by atoms with Gasteiger partial charge in [-0.15, -0.1) is 0 Å². The summed E-state index contributed by atoms with van der Waals surface area (Å²) in [5.74, 6) is 0. The SMILES string of the molecule is [2H]C1CN(Cc2ccccc2)CC2OC12. The van der Waals surface area contributed by atoms with Crippen molar-refractivity contribution >= 4 is 0 Å². The van der Waals surface area contributed by atoms with Gasteiger partial charge in [0.05, 0.1) is 12.2 Å². The van der Waals surface area contributed by atoms with E-state index in [1.807, 2.05) is 6.07 Å². The number of hydrogen-bond donors (Lipinski definition) is 0. The van der Waals surface area contributed by atoms with Crippen LogP contribution in [0.15, 0.2) is 30.3 Å². The van der Waals surface area contributed by atoms with Crippen molar-refractivity contribution in [1.29, 1.82) is 0 Å². The van der Waals surface area contributed by atoms with Gasteiger partial charge in [0, 0.05) is 21.0 Å². The lowest BCUT2D eigenvalue weighted by Crippen LogP contribution is -2.33. The van der Waals surface area contributed by atoms with Crippen molar-refractivity contribution in [3.05, 3.63) is 35.9 Å². The third-order valence-electron chi connectivity index (χ3n) is 2.90. The minimum atomic E-state index is -0.0486. The van der Waals surface area contributed by atoms with Gasteiger partial charge in [-0.25, -0.2) is 0 Å². The van der Waals surface area contributed by atoms with Crippen molar-refractivity contribution in [2.24, 2.45) is 0 Å². The standard InChI is InChI=1S/C12H15NO/c1-2-4-10(5-3-1)8-13-7-6-11-12(9-13)14-11/h1-5,11-12H,6-9H2/i6D. The van der Waals surface area contributed by atoms with Crippen LogP contribution in [0.25, 0.3) is 0 Å². The monoisotopic (exact) mass is 190 g/mol. The molecule has 3 atom stereocenters. The Labute approximate surface area is 85.9 Å². The average molecular weight is 190 g/mol. The van der Waals surface area contributed by atoms with Gasteiger partial charge in [0.2, 0.25) is 0 Å². The van der Waals surface area contributed by atoms with Crippen molar-refractivity contribution in [3.63, 3.8) is 0 Å². The van der Waals surface area contributed by atoms with Gasteiger partial charge in [0.15, 0.2) is 0 Å². The molecule has 2 heterocycles. The molecule has 0 aromatic heterocycles. The molecule has 2 saturated heterocycles. The molecule has 2 fully saturated rings. The summed E-state index contributed by atoms with van der Waals surface area (Å²) in [5, 5.41) is 0. The lowest BCUT2D eigenvalue weighted by Gasteiger charge is -2.23. The molecular formula is C12H15NO. The second-order valence-electron chi connectivity index (χ2n) is 4.05. The van der Waals surface area contributed by atoms with Crippen molar-refractivity contribution in [3.8, 4) is 0 Å². The Morgan fingerprint density at radius 2 is 2.21 bits per heavy atom. The fourth-order valence-electron chi connectivity index (χ4n) is 2.06. The largest absolute Gasteiger partial charge is 0.368 e. The van der Waals surface area contributed by atoms with Crippen LogP contribution in [0, 0.1) is 0 Å². The lowest BCUT2D eigenvalue weighted by molar-refractivity contribution is 0.237. The van der Waals surface area contributed by atoms with Gasteiger partial charge in [0.1, 0.15) is 0 Å². The molecule has 0 spiro atoms. The first-order valence-electron chi connectivity index (χ1n) is 5.74. The zero-order chi connectivity index (χ0) is 10.3. The van der Waals surface area contributed by atoms with E-state index in [2.05, 4.69) is 29.2 Å². The molecule has 0 saturated carbocycles. The number of ether oxygens (including phenoxy) is 1. The van der Waals surface area contributed by atoms with Crippen LogP contribution in [0.5, 0.6) is 0 Å². The fourth-order valence-corrected chi connectivity index (χ4v) is 2.06. The summed E-state index contributed by atoms with van der Waals surface area (Å²) >= 11 is 0. The van der Waals surface area contributed by atoms with Crippen molar-refractivity contribution in [2.45, 2.75) is 25.1 Å². The highest BCUT2D eigenvalue weighted by Crippen LogP contribution is 2.31. The molecule has 0 amide bonds. The van der Waals surface area contributed by atoms with E-state index < -0.39 is 0 Å². The summed E-state index contributed by atoms with van der Waals surface area (Å²) in [6.45, 7) is 2.79. The zero-order valence-corrected chi connectivity index (χ0v) is 8.10. The Bertz CT molecular complexity index is 343. The number of nitrogens with zero attached hydrogens (tertiary/aromatic N) is 1. The third kappa shape index (κ3) is 1.68. The van der Waals surface area contributed by atoms with Crippen LogP contribution in [0.3, 0.4) is 0 Å².